The van der Waals surface area contributed by atoms with E-state index in [1.165, 1.54) is 31.4 Å². The smallest absolute Gasteiger partial charge is 0.417 e. The van der Waals surface area contributed by atoms with Crippen LogP contribution < -0.4 is 14.4 Å². The molecule has 158 valence electrons. The van der Waals surface area contributed by atoms with Gasteiger partial charge in [0.2, 0.25) is 15.9 Å². The summed E-state index contributed by atoms with van der Waals surface area (Å²) in [7, 11) is -2.53. The fraction of sp³-hybridized carbons (Fsp3) is 0.235. The third-order valence-electron chi connectivity index (χ3n) is 3.67. The SMILES string of the molecule is COc1ccc(N(CC(=O)Nc2ccc(Cl)c(C(F)(F)F)c2)S(C)(=O)=O)cc1Cl. The van der Waals surface area contributed by atoms with Gasteiger partial charge in [-0.1, -0.05) is 23.2 Å². The predicted molar refractivity (Wildman–Crippen MR) is 105 cm³/mol. The molecule has 0 aliphatic rings. The number of benzene rings is 2. The lowest BCUT2D eigenvalue weighted by atomic mass is 10.2. The third kappa shape index (κ3) is 5.91. The van der Waals surface area contributed by atoms with Crippen LogP contribution in [0.4, 0.5) is 24.5 Å². The zero-order valence-corrected chi connectivity index (χ0v) is 17.4. The van der Waals surface area contributed by atoms with Crippen LogP contribution in [0.2, 0.25) is 10.0 Å². The van der Waals surface area contributed by atoms with Gasteiger partial charge < -0.3 is 10.1 Å². The minimum absolute atomic E-state index is 0.0838. The molecule has 0 atom stereocenters. The molecule has 12 heteroatoms. The molecular formula is C17H15Cl2F3N2O4S. The van der Waals surface area contributed by atoms with E-state index in [9.17, 15) is 26.4 Å². The third-order valence-corrected chi connectivity index (χ3v) is 5.43. The molecule has 0 bridgehead atoms. The Kier molecular flexibility index (Phi) is 6.92. The monoisotopic (exact) mass is 470 g/mol. The Morgan fingerprint density at radius 3 is 2.31 bits per heavy atom. The minimum Gasteiger partial charge on any atom is -0.495 e. The van der Waals surface area contributed by atoms with Crippen LogP contribution in [0.25, 0.3) is 0 Å². The van der Waals surface area contributed by atoms with Crippen molar-refractivity contribution < 1.29 is 31.1 Å². The number of methoxy groups -OCH3 is 1. The second-order valence-corrected chi connectivity index (χ2v) is 8.55. The zero-order valence-electron chi connectivity index (χ0n) is 15.0. The van der Waals surface area contributed by atoms with Gasteiger partial charge in [-0.2, -0.15) is 13.2 Å². The lowest BCUT2D eigenvalue weighted by molar-refractivity contribution is -0.137. The zero-order chi connectivity index (χ0) is 22.0. The average Bonchev–Trinajstić information content (AvgIpc) is 2.59. The van der Waals surface area contributed by atoms with E-state index < -0.39 is 39.2 Å². The highest BCUT2D eigenvalue weighted by atomic mass is 35.5. The quantitative estimate of drug-likeness (QED) is 0.677. The second-order valence-electron chi connectivity index (χ2n) is 5.83. The van der Waals surface area contributed by atoms with E-state index in [0.717, 1.165) is 16.6 Å². The fourth-order valence-corrected chi connectivity index (χ4v) is 3.69. The fourth-order valence-electron chi connectivity index (χ4n) is 2.36. The molecule has 2 rings (SSSR count). The summed E-state index contributed by atoms with van der Waals surface area (Å²) in [5, 5.41) is 1.82. The Morgan fingerprint density at radius 1 is 1.14 bits per heavy atom. The van der Waals surface area contributed by atoms with Gasteiger partial charge in [-0.25, -0.2) is 8.42 Å². The molecule has 1 amide bonds. The maximum Gasteiger partial charge on any atom is 0.417 e. The molecule has 2 aromatic rings. The van der Waals surface area contributed by atoms with Crippen molar-refractivity contribution in [1.29, 1.82) is 0 Å². The number of carbonyl (C=O) groups excluding carboxylic acids is 1. The van der Waals surface area contributed by atoms with Gasteiger partial charge in [-0.15, -0.1) is 0 Å². The van der Waals surface area contributed by atoms with E-state index in [0.29, 0.717) is 11.8 Å². The van der Waals surface area contributed by atoms with Crippen molar-refractivity contribution in [2.75, 3.05) is 29.5 Å². The van der Waals surface area contributed by atoms with Gasteiger partial charge in [0.15, 0.2) is 0 Å². The van der Waals surface area contributed by atoms with Crippen molar-refractivity contribution in [3.63, 3.8) is 0 Å². The lowest BCUT2D eigenvalue weighted by Gasteiger charge is -2.22. The Hall–Kier alpha value is -2.17. The molecule has 0 unspecified atom stereocenters. The van der Waals surface area contributed by atoms with Crippen molar-refractivity contribution in [1.82, 2.24) is 0 Å². The first kappa shape index (κ1) is 23.1. The highest BCUT2D eigenvalue weighted by Gasteiger charge is 2.33. The number of alkyl halides is 3. The van der Waals surface area contributed by atoms with E-state index in [-0.39, 0.29) is 16.4 Å². The maximum absolute atomic E-state index is 12.9. The topological polar surface area (TPSA) is 75.7 Å². The van der Waals surface area contributed by atoms with Crippen molar-refractivity contribution in [2.45, 2.75) is 6.18 Å². The molecule has 0 heterocycles. The van der Waals surface area contributed by atoms with Gasteiger partial charge in [-0.05, 0) is 36.4 Å². The average molecular weight is 471 g/mol. The summed E-state index contributed by atoms with van der Waals surface area (Å²) in [4.78, 5) is 12.3. The van der Waals surface area contributed by atoms with Gasteiger partial charge in [0, 0.05) is 5.69 Å². The highest BCUT2D eigenvalue weighted by molar-refractivity contribution is 7.92. The van der Waals surface area contributed by atoms with Crippen molar-refractivity contribution in [2.24, 2.45) is 0 Å². The summed E-state index contributed by atoms with van der Waals surface area (Å²) in [5.74, 6) is -0.563. The molecule has 0 radical (unpaired) electrons. The van der Waals surface area contributed by atoms with Gasteiger partial charge in [0.25, 0.3) is 0 Å². The van der Waals surface area contributed by atoms with E-state index in [2.05, 4.69) is 5.32 Å². The lowest BCUT2D eigenvalue weighted by Crippen LogP contribution is -2.37. The van der Waals surface area contributed by atoms with Crippen LogP contribution in [0.5, 0.6) is 5.75 Å². The van der Waals surface area contributed by atoms with Crippen molar-refractivity contribution in [3.05, 3.63) is 52.0 Å². The summed E-state index contributed by atoms with van der Waals surface area (Å²) < 4.78 is 68.8. The predicted octanol–water partition coefficient (Wildman–Crippen LogP) is 4.43. The molecule has 2 aromatic carbocycles. The largest absolute Gasteiger partial charge is 0.495 e. The standard InChI is InChI=1S/C17H15Cl2F3N2O4S/c1-28-15-6-4-11(8-14(15)19)24(29(2,26)27)9-16(25)23-10-3-5-13(18)12(7-10)17(20,21)22/h3-8H,9H2,1-2H3,(H,23,25). The first-order valence-corrected chi connectivity index (χ1v) is 10.4. The summed E-state index contributed by atoms with van der Waals surface area (Å²) in [5.41, 5.74) is -1.23. The molecule has 0 fully saturated rings. The van der Waals surface area contributed by atoms with Crippen molar-refractivity contribution >= 4 is 50.5 Å². The number of carbonyl (C=O) groups is 1. The van der Waals surface area contributed by atoms with Gasteiger partial charge >= 0.3 is 6.18 Å². The van der Waals surface area contributed by atoms with Gasteiger partial charge in [0.05, 0.1) is 34.7 Å². The number of rotatable bonds is 6. The first-order chi connectivity index (χ1) is 13.3. The number of hydrogen-bond acceptors (Lipinski definition) is 4. The van der Waals surface area contributed by atoms with E-state index in [1.807, 2.05) is 0 Å². The van der Waals surface area contributed by atoms with E-state index >= 15 is 0 Å². The van der Waals surface area contributed by atoms with Crippen LogP contribution in [0, 0.1) is 0 Å². The Morgan fingerprint density at radius 2 is 1.79 bits per heavy atom. The van der Waals surface area contributed by atoms with Gasteiger partial charge in [-0.3, -0.25) is 9.10 Å². The molecule has 0 aliphatic carbocycles. The molecule has 0 saturated heterocycles. The number of nitrogens with zero attached hydrogens (tertiary/aromatic N) is 1. The number of halogens is 5. The van der Waals surface area contributed by atoms with Crippen LogP contribution in [0.15, 0.2) is 36.4 Å². The Balaban J connectivity index is 2.27. The molecule has 0 aliphatic heterocycles. The van der Waals surface area contributed by atoms with Crippen LogP contribution in [0.1, 0.15) is 5.56 Å². The normalized spacial score (nSPS) is 11.8. The molecular weight excluding hydrogens is 456 g/mol. The molecule has 0 spiro atoms. The van der Waals surface area contributed by atoms with Crippen LogP contribution in [-0.4, -0.2) is 34.2 Å². The maximum atomic E-state index is 12.9. The van der Waals surface area contributed by atoms with Crippen LogP contribution in [0.3, 0.4) is 0 Å². The van der Waals surface area contributed by atoms with Crippen LogP contribution in [-0.2, 0) is 21.0 Å². The number of anilines is 2. The first-order valence-electron chi connectivity index (χ1n) is 7.81. The Labute approximate surface area is 175 Å². The summed E-state index contributed by atoms with van der Waals surface area (Å²) in [6.07, 6.45) is -3.83. The Bertz CT molecular complexity index is 1030. The molecule has 29 heavy (non-hydrogen) atoms. The number of ether oxygens (including phenoxy) is 1. The molecule has 1 N–H and O–H groups in total. The van der Waals surface area contributed by atoms with Crippen molar-refractivity contribution in [3.8, 4) is 5.75 Å². The van der Waals surface area contributed by atoms with Gasteiger partial charge in [0.1, 0.15) is 12.3 Å². The number of hydrogen-bond donors (Lipinski definition) is 1. The highest BCUT2D eigenvalue weighted by Crippen LogP contribution is 2.36. The number of nitrogens with one attached hydrogen (secondary N) is 1. The number of amides is 1. The molecule has 6 nitrogen and oxygen atoms in total. The number of sulfonamides is 1. The second kappa shape index (κ2) is 8.68. The molecule has 0 aromatic heterocycles. The van der Waals surface area contributed by atoms with Crippen LogP contribution >= 0.6 is 23.2 Å². The summed E-state index contributed by atoms with van der Waals surface area (Å²) in [6, 6.07) is 6.90. The summed E-state index contributed by atoms with van der Waals surface area (Å²) in [6.45, 7) is -0.689. The summed E-state index contributed by atoms with van der Waals surface area (Å²) >= 11 is 11.5. The van der Waals surface area contributed by atoms with E-state index in [4.69, 9.17) is 27.9 Å². The molecule has 0 saturated carbocycles. The minimum atomic E-state index is -4.71. The van der Waals surface area contributed by atoms with E-state index in [1.54, 1.807) is 0 Å².